The van der Waals surface area contributed by atoms with Crippen LogP contribution in [0.3, 0.4) is 0 Å². The van der Waals surface area contributed by atoms with Crippen molar-refractivity contribution in [2.75, 3.05) is 0 Å². The molecule has 0 aliphatic heterocycles. The molecule has 0 bridgehead atoms. The van der Waals surface area contributed by atoms with Crippen molar-refractivity contribution in [1.29, 1.82) is 0 Å². The van der Waals surface area contributed by atoms with Gasteiger partial charge in [0, 0.05) is 0 Å². The number of halogens is 2. The van der Waals surface area contributed by atoms with Crippen molar-refractivity contribution in [3.63, 3.8) is 0 Å². The van der Waals surface area contributed by atoms with Crippen molar-refractivity contribution in [1.82, 2.24) is 0 Å². The van der Waals surface area contributed by atoms with Gasteiger partial charge in [0.25, 0.3) is 0 Å². The Kier molecular flexibility index (Phi) is 63.9. The van der Waals surface area contributed by atoms with Crippen LogP contribution in [0.5, 0.6) is 0 Å². The van der Waals surface area contributed by atoms with Crippen LogP contribution in [-0.2, 0) is 0 Å². The van der Waals surface area contributed by atoms with E-state index < -0.39 is 0 Å². The molecule has 0 saturated heterocycles. The Hall–Kier alpha value is 1.11. The Morgan fingerprint density at radius 2 is 1.40 bits per heavy atom. The second-order valence-electron chi connectivity index (χ2n) is 0.289. The third-order valence-electron chi connectivity index (χ3n) is 0. The molecular weight excluding hydrogens is 122 g/mol. The van der Waals surface area contributed by atoms with Gasteiger partial charge in [-0.15, -0.1) is 0 Å². The maximum Gasteiger partial charge on any atom is -1.00 e. The summed E-state index contributed by atoms with van der Waals surface area (Å²) in [4.78, 5) is 0. The van der Waals surface area contributed by atoms with Gasteiger partial charge in [-0.05, 0) is 0 Å². The summed E-state index contributed by atoms with van der Waals surface area (Å²) in [6.07, 6.45) is 0. The number of hydrogen-bond acceptors (Lipinski definition) is 0. The van der Waals surface area contributed by atoms with Gasteiger partial charge in [-0.25, -0.2) is 0 Å². The molecule has 0 aliphatic rings. The third-order valence-corrected chi connectivity index (χ3v) is 0. The van der Waals surface area contributed by atoms with Gasteiger partial charge in [-0.2, -0.15) is 0 Å². The summed E-state index contributed by atoms with van der Waals surface area (Å²) in [5, 5.41) is 0.917. The molecule has 0 aromatic rings. The van der Waals surface area contributed by atoms with Gasteiger partial charge in [0.1, 0.15) is 0 Å². The van der Waals surface area contributed by atoms with E-state index >= 15 is 0 Å². The maximum atomic E-state index is 3.45. The summed E-state index contributed by atoms with van der Waals surface area (Å²) < 4.78 is 0. The van der Waals surface area contributed by atoms with Gasteiger partial charge in [0.15, 0.2) is 0 Å². The van der Waals surface area contributed by atoms with Crippen LogP contribution in [0.2, 0.25) is 5.28 Å². The standard InChI is InChI=1S/C2H4.Al.2ClH/c1-2;;;/h1-2H2;;2*1H/q;+2;;/p-2. The van der Waals surface area contributed by atoms with Crippen molar-refractivity contribution in [3.8, 4) is 0 Å². The summed E-state index contributed by atoms with van der Waals surface area (Å²) in [5.41, 5.74) is 0. The normalized spacial score (nSPS) is 3.80. The monoisotopic (exact) mass is 125 g/mol. The molecule has 0 spiro atoms. The van der Waals surface area contributed by atoms with E-state index in [0.29, 0.717) is 0 Å². The molecule has 0 N–H and O–H groups in total. The molecule has 0 rings (SSSR count). The van der Waals surface area contributed by atoms with E-state index in [4.69, 9.17) is 0 Å². The van der Waals surface area contributed by atoms with Crippen LogP contribution in [0.15, 0.2) is 0 Å². The predicted molar refractivity (Wildman–Crippen MR) is 15.9 cm³/mol. The van der Waals surface area contributed by atoms with Crippen molar-refractivity contribution in [3.05, 3.63) is 6.92 Å². The molecule has 0 aromatic carbocycles. The third kappa shape index (κ3) is 40.0. The first-order valence-corrected chi connectivity index (χ1v) is 1.72. The second kappa shape index (κ2) is 19.4. The van der Waals surface area contributed by atoms with Crippen LogP contribution >= 0.6 is 0 Å². The summed E-state index contributed by atoms with van der Waals surface area (Å²) in [6.45, 7) is 3.45. The number of rotatable bonds is 0. The van der Waals surface area contributed by atoms with Gasteiger partial charge >= 0.3 is 28.5 Å². The Morgan fingerprint density at radius 1 is 1.40 bits per heavy atom. The fraction of sp³-hybridized carbons (Fsp3) is 0.500. The van der Waals surface area contributed by atoms with Gasteiger partial charge in [-0.1, -0.05) is 0 Å². The Balaban J connectivity index is -0.0000000200. The minimum Gasteiger partial charge on any atom is -1.00 e. The predicted octanol–water partition coefficient (Wildman–Crippen LogP) is -5.58. The molecule has 0 fully saturated rings. The van der Waals surface area contributed by atoms with Crippen LogP contribution in [0.1, 0.15) is 0 Å². The van der Waals surface area contributed by atoms with E-state index in [1.807, 2.05) is 0 Å². The van der Waals surface area contributed by atoms with Gasteiger partial charge in [0.2, 0.25) is 0 Å². The summed E-state index contributed by atoms with van der Waals surface area (Å²) in [7, 11) is 0. The van der Waals surface area contributed by atoms with E-state index in [2.05, 4.69) is 23.2 Å². The summed E-state index contributed by atoms with van der Waals surface area (Å²) in [5.74, 6) is 0. The van der Waals surface area contributed by atoms with E-state index in [0.717, 1.165) is 5.28 Å². The fourth-order valence-electron chi connectivity index (χ4n) is 0. The molecule has 0 saturated carbocycles. The quantitative estimate of drug-likeness (QED) is 0.284. The molecule has 0 aromatic heterocycles. The Morgan fingerprint density at radius 3 is 1.40 bits per heavy atom. The van der Waals surface area contributed by atoms with E-state index in [1.165, 1.54) is 0 Å². The summed E-state index contributed by atoms with van der Waals surface area (Å²) in [6, 6.07) is 0. The average Bonchev–Trinajstić information content (AvgIpc) is 0.918. The second-order valence-corrected chi connectivity index (χ2v) is 0.866. The van der Waals surface area contributed by atoms with Crippen molar-refractivity contribution >= 4 is 16.3 Å². The molecule has 0 atom stereocenters. The molecule has 1 radical (unpaired) electrons. The SMILES string of the molecule is [CH2][CH2][Al+2].[Cl-].[Cl-]. The van der Waals surface area contributed by atoms with E-state index in [1.54, 1.807) is 0 Å². The Labute approximate surface area is 53.6 Å². The molecule has 0 aliphatic carbocycles. The average molecular weight is 126 g/mol. The van der Waals surface area contributed by atoms with Crippen LogP contribution in [0.25, 0.3) is 0 Å². The largest absolute Gasteiger partial charge is 1.00 e. The molecular formula is C2H4AlCl2. The van der Waals surface area contributed by atoms with Crippen molar-refractivity contribution < 1.29 is 24.8 Å². The van der Waals surface area contributed by atoms with E-state index in [-0.39, 0.29) is 24.8 Å². The molecule has 0 amide bonds. The molecule has 29 valence electrons. The Bertz CT molecular complexity index is 7.61. The van der Waals surface area contributed by atoms with Crippen molar-refractivity contribution in [2.45, 2.75) is 5.28 Å². The molecule has 5 heavy (non-hydrogen) atoms. The van der Waals surface area contributed by atoms with Gasteiger partial charge < -0.3 is 24.8 Å². The molecule has 0 unspecified atom stereocenters. The van der Waals surface area contributed by atoms with Crippen molar-refractivity contribution in [2.24, 2.45) is 0 Å². The minimum absolute atomic E-state index is 0. The number of hydrogen-bond donors (Lipinski definition) is 0. The minimum atomic E-state index is 0. The molecule has 3 heteroatoms. The zero-order chi connectivity index (χ0) is 2.71. The zero-order valence-electron chi connectivity index (χ0n) is 2.75. The first-order chi connectivity index (χ1) is 1.41. The first kappa shape index (κ1) is 16.5. The smallest absolute Gasteiger partial charge is 1.00 e. The van der Waals surface area contributed by atoms with Gasteiger partial charge in [0.05, 0.1) is 0 Å². The van der Waals surface area contributed by atoms with Crippen LogP contribution in [0, 0.1) is 6.92 Å². The topological polar surface area (TPSA) is 0 Å². The van der Waals surface area contributed by atoms with E-state index in [9.17, 15) is 0 Å². The van der Waals surface area contributed by atoms with Crippen LogP contribution in [-0.4, -0.2) is 16.3 Å². The zero-order valence-corrected chi connectivity index (χ0v) is 5.41. The molecule has 0 heterocycles. The van der Waals surface area contributed by atoms with Crippen LogP contribution < -0.4 is 24.8 Å². The molecule has 0 nitrogen and oxygen atoms in total. The fourth-order valence-corrected chi connectivity index (χ4v) is 0. The van der Waals surface area contributed by atoms with Crippen LogP contribution in [0.4, 0.5) is 0 Å². The van der Waals surface area contributed by atoms with Gasteiger partial charge in [-0.3, -0.25) is 0 Å². The maximum absolute atomic E-state index is 3.45. The summed E-state index contributed by atoms with van der Waals surface area (Å²) >= 11 is 2.47. The first-order valence-electron chi connectivity index (χ1n) is 0.908.